The standard InChI is InChI=1S/C9H14N2O2S2/c1-6(3-4-14-2)10-9-11-7(5-15-9)8(12)13/h5-6H,3-4H2,1-2H3,(H,10,11)(H,12,13). The van der Waals surface area contributed by atoms with Crippen molar-refractivity contribution in [3.8, 4) is 0 Å². The number of aromatic carboxylic acids is 1. The summed E-state index contributed by atoms with van der Waals surface area (Å²) in [6, 6.07) is 0.324. The normalized spacial score (nSPS) is 12.4. The first-order chi connectivity index (χ1) is 7.13. The molecule has 0 radical (unpaired) electrons. The molecule has 0 spiro atoms. The lowest BCUT2D eigenvalue weighted by molar-refractivity contribution is 0.0691. The van der Waals surface area contributed by atoms with Crippen LogP contribution in [0.1, 0.15) is 23.8 Å². The van der Waals surface area contributed by atoms with E-state index < -0.39 is 5.97 Å². The molecule has 1 aromatic heterocycles. The van der Waals surface area contributed by atoms with Gasteiger partial charge in [-0.2, -0.15) is 11.8 Å². The van der Waals surface area contributed by atoms with Gasteiger partial charge in [0.1, 0.15) is 0 Å². The Morgan fingerprint density at radius 2 is 2.53 bits per heavy atom. The number of carbonyl (C=O) groups is 1. The molecular weight excluding hydrogens is 232 g/mol. The van der Waals surface area contributed by atoms with Crippen molar-refractivity contribution in [3.05, 3.63) is 11.1 Å². The van der Waals surface area contributed by atoms with Crippen molar-refractivity contribution < 1.29 is 9.90 Å². The molecule has 1 unspecified atom stereocenters. The summed E-state index contributed by atoms with van der Waals surface area (Å²) >= 11 is 3.13. The summed E-state index contributed by atoms with van der Waals surface area (Å²) in [6.45, 7) is 2.07. The van der Waals surface area contributed by atoms with Crippen LogP contribution >= 0.6 is 23.1 Å². The molecule has 15 heavy (non-hydrogen) atoms. The minimum Gasteiger partial charge on any atom is -0.476 e. The van der Waals surface area contributed by atoms with Crippen LogP contribution in [0, 0.1) is 0 Å². The van der Waals surface area contributed by atoms with Crippen LogP contribution in [0.25, 0.3) is 0 Å². The highest BCUT2D eigenvalue weighted by atomic mass is 32.2. The Morgan fingerprint density at radius 3 is 3.07 bits per heavy atom. The number of thiazole rings is 1. The summed E-state index contributed by atoms with van der Waals surface area (Å²) in [5, 5.41) is 14.1. The number of nitrogens with one attached hydrogen (secondary N) is 1. The number of thioether (sulfide) groups is 1. The van der Waals surface area contributed by atoms with E-state index >= 15 is 0 Å². The highest BCUT2D eigenvalue weighted by Gasteiger charge is 2.09. The summed E-state index contributed by atoms with van der Waals surface area (Å²) < 4.78 is 0. The molecule has 1 aromatic rings. The van der Waals surface area contributed by atoms with E-state index in [1.165, 1.54) is 11.3 Å². The van der Waals surface area contributed by atoms with E-state index in [0.717, 1.165) is 12.2 Å². The molecule has 0 aliphatic heterocycles. The summed E-state index contributed by atoms with van der Waals surface area (Å²) in [6.07, 6.45) is 3.11. The lowest BCUT2D eigenvalue weighted by Crippen LogP contribution is -2.15. The van der Waals surface area contributed by atoms with Gasteiger partial charge < -0.3 is 10.4 Å². The van der Waals surface area contributed by atoms with Crippen LogP contribution < -0.4 is 5.32 Å². The molecule has 6 heteroatoms. The lowest BCUT2D eigenvalue weighted by Gasteiger charge is -2.11. The fourth-order valence-electron chi connectivity index (χ4n) is 1.02. The van der Waals surface area contributed by atoms with Crippen LogP contribution in [0.5, 0.6) is 0 Å². The quantitative estimate of drug-likeness (QED) is 0.807. The van der Waals surface area contributed by atoms with Crippen molar-refractivity contribution in [2.24, 2.45) is 0 Å². The molecule has 0 saturated heterocycles. The molecule has 0 aromatic carbocycles. The minimum absolute atomic E-state index is 0.111. The van der Waals surface area contributed by atoms with Crippen molar-refractivity contribution in [1.82, 2.24) is 4.98 Å². The number of nitrogens with zero attached hydrogens (tertiary/aromatic N) is 1. The zero-order chi connectivity index (χ0) is 11.3. The predicted octanol–water partition coefficient (Wildman–Crippen LogP) is 2.39. The van der Waals surface area contributed by atoms with E-state index in [1.54, 1.807) is 17.1 Å². The van der Waals surface area contributed by atoms with E-state index in [2.05, 4.69) is 23.5 Å². The Bertz CT molecular complexity index is 328. The van der Waals surface area contributed by atoms with Gasteiger partial charge in [0, 0.05) is 11.4 Å². The van der Waals surface area contributed by atoms with Crippen molar-refractivity contribution in [2.75, 3.05) is 17.3 Å². The molecule has 4 nitrogen and oxygen atoms in total. The molecule has 0 bridgehead atoms. The SMILES string of the molecule is CSCCC(C)Nc1nc(C(=O)O)cs1. The maximum Gasteiger partial charge on any atom is 0.355 e. The van der Waals surface area contributed by atoms with Crippen molar-refractivity contribution in [1.29, 1.82) is 0 Å². The summed E-state index contributed by atoms with van der Waals surface area (Å²) in [5.74, 6) is 0.113. The zero-order valence-corrected chi connectivity index (χ0v) is 10.3. The van der Waals surface area contributed by atoms with E-state index in [9.17, 15) is 4.79 Å². The first kappa shape index (κ1) is 12.3. The van der Waals surface area contributed by atoms with Crippen LogP contribution in [-0.4, -0.2) is 34.1 Å². The molecule has 0 aliphatic carbocycles. The second-order valence-corrected chi connectivity index (χ2v) is 5.01. The number of carboxylic acid groups (broad SMARTS) is 1. The van der Waals surface area contributed by atoms with Gasteiger partial charge in [0.05, 0.1) is 0 Å². The summed E-state index contributed by atoms with van der Waals surface area (Å²) in [4.78, 5) is 14.5. The fraction of sp³-hybridized carbons (Fsp3) is 0.556. The third kappa shape index (κ3) is 4.09. The molecule has 2 N–H and O–H groups in total. The van der Waals surface area contributed by atoms with Crippen molar-refractivity contribution in [2.45, 2.75) is 19.4 Å². The van der Waals surface area contributed by atoms with Gasteiger partial charge in [-0.25, -0.2) is 9.78 Å². The second-order valence-electron chi connectivity index (χ2n) is 3.17. The van der Waals surface area contributed by atoms with Gasteiger partial charge in [-0.1, -0.05) is 0 Å². The van der Waals surface area contributed by atoms with Gasteiger partial charge in [-0.15, -0.1) is 11.3 Å². The predicted molar refractivity (Wildman–Crippen MR) is 65.2 cm³/mol. The zero-order valence-electron chi connectivity index (χ0n) is 8.69. The average Bonchev–Trinajstić information content (AvgIpc) is 2.63. The van der Waals surface area contributed by atoms with Crippen LogP contribution in [0.4, 0.5) is 5.13 Å². The third-order valence-corrected chi connectivity index (χ3v) is 3.27. The Labute approximate surface area is 97.1 Å². The van der Waals surface area contributed by atoms with Crippen LogP contribution in [0.3, 0.4) is 0 Å². The largest absolute Gasteiger partial charge is 0.476 e. The summed E-state index contributed by atoms with van der Waals surface area (Å²) in [7, 11) is 0. The minimum atomic E-state index is -0.976. The molecule has 1 heterocycles. The maximum atomic E-state index is 10.6. The number of hydrogen-bond donors (Lipinski definition) is 2. The van der Waals surface area contributed by atoms with E-state index in [4.69, 9.17) is 5.11 Å². The number of carboxylic acids is 1. The first-order valence-corrected chi connectivity index (χ1v) is 6.85. The van der Waals surface area contributed by atoms with Gasteiger partial charge in [0.25, 0.3) is 0 Å². The van der Waals surface area contributed by atoms with Gasteiger partial charge >= 0.3 is 5.97 Å². The van der Waals surface area contributed by atoms with Gasteiger partial charge in [-0.3, -0.25) is 0 Å². The lowest BCUT2D eigenvalue weighted by atomic mass is 10.3. The highest BCUT2D eigenvalue weighted by molar-refractivity contribution is 7.98. The number of hydrogen-bond acceptors (Lipinski definition) is 5. The van der Waals surface area contributed by atoms with Gasteiger partial charge in [0.15, 0.2) is 10.8 Å². The van der Waals surface area contributed by atoms with Crippen LogP contribution in [0.2, 0.25) is 0 Å². The van der Waals surface area contributed by atoms with E-state index in [-0.39, 0.29) is 5.69 Å². The maximum absolute atomic E-state index is 10.6. The Balaban J connectivity index is 2.46. The molecular formula is C9H14N2O2S2. The summed E-state index contributed by atoms with van der Waals surface area (Å²) in [5.41, 5.74) is 0.111. The first-order valence-electron chi connectivity index (χ1n) is 4.57. The molecule has 84 valence electrons. The number of anilines is 1. The molecule has 1 rings (SSSR count). The molecule has 0 amide bonds. The smallest absolute Gasteiger partial charge is 0.355 e. The second kappa shape index (κ2) is 5.97. The van der Waals surface area contributed by atoms with Gasteiger partial charge in [0.2, 0.25) is 0 Å². The highest BCUT2D eigenvalue weighted by Crippen LogP contribution is 2.17. The molecule has 0 aliphatic rings. The number of aromatic nitrogens is 1. The molecule has 0 fully saturated rings. The van der Waals surface area contributed by atoms with Crippen molar-refractivity contribution in [3.63, 3.8) is 0 Å². The monoisotopic (exact) mass is 246 g/mol. The Morgan fingerprint density at radius 1 is 1.80 bits per heavy atom. The molecule has 1 atom stereocenters. The Kier molecular flexibility index (Phi) is 4.90. The number of rotatable bonds is 6. The average molecular weight is 246 g/mol. The topological polar surface area (TPSA) is 62.2 Å². The Hall–Kier alpha value is -0.750. The van der Waals surface area contributed by atoms with Crippen LogP contribution in [0.15, 0.2) is 5.38 Å². The van der Waals surface area contributed by atoms with E-state index in [0.29, 0.717) is 11.2 Å². The third-order valence-electron chi connectivity index (χ3n) is 1.85. The van der Waals surface area contributed by atoms with Crippen LogP contribution in [-0.2, 0) is 0 Å². The van der Waals surface area contributed by atoms with E-state index in [1.807, 2.05) is 0 Å². The van der Waals surface area contributed by atoms with Gasteiger partial charge in [-0.05, 0) is 25.4 Å². The van der Waals surface area contributed by atoms with Crippen molar-refractivity contribution >= 4 is 34.2 Å². The fourth-order valence-corrected chi connectivity index (χ4v) is 2.40. The molecule has 0 saturated carbocycles.